The number of benzene rings is 4. The van der Waals surface area contributed by atoms with Crippen LogP contribution in [0.2, 0.25) is 0 Å². The molecular formula is C35H35NO2. The SMILES string of the molecule is C=C(/C=C(\C(=O)OCC)c1ccc(N(c2ccccc2)c2ccccc2)cc1)C(C)(C)c1ccccc1C. The quantitative estimate of drug-likeness (QED) is 0.130. The number of para-hydroxylation sites is 2. The molecular weight excluding hydrogens is 466 g/mol. The number of anilines is 3. The second kappa shape index (κ2) is 11.8. The van der Waals surface area contributed by atoms with Crippen molar-refractivity contribution in [3.05, 3.63) is 144 Å². The smallest absolute Gasteiger partial charge is 0.338 e. The summed E-state index contributed by atoms with van der Waals surface area (Å²) in [6.45, 7) is 12.9. The summed E-state index contributed by atoms with van der Waals surface area (Å²) in [7, 11) is 0. The van der Waals surface area contributed by atoms with Gasteiger partial charge in [0.1, 0.15) is 0 Å². The Morgan fingerprint density at radius 2 is 1.29 bits per heavy atom. The van der Waals surface area contributed by atoms with Crippen LogP contribution in [0.15, 0.2) is 127 Å². The van der Waals surface area contributed by atoms with Crippen molar-refractivity contribution in [2.75, 3.05) is 11.5 Å². The summed E-state index contributed by atoms with van der Waals surface area (Å²) >= 11 is 0. The van der Waals surface area contributed by atoms with Gasteiger partial charge >= 0.3 is 5.97 Å². The lowest BCUT2D eigenvalue weighted by Gasteiger charge is -2.29. The fourth-order valence-electron chi connectivity index (χ4n) is 4.66. The van der Waals surface area contributed by atoms with Gasteiger partial charge in [0.15, 0.2) is 0 Å². The third-order valence-electron chi connectivity index (χ3n) is 6.90. The minimum Gasteiger partial charge on any atom is -0.462 e. The maximum Gasteiger partial charge on any atom is 0.338 e. The third kappa shape index (κ3) is 5.78. The molecule has 0 aliphatic heterocycles. The Morgan fingerprint density at radius 3 is 1.82 bits per heavy atom. The van der Waals surface area contributed by atoms with Crippen molar-refractivity contribution >= 4 is 28.6 Å². The number of allylic oxidation sites excluding steroid dienone is 2. The Morgan fingerprint density at radius 1 is 0.789 bits per heavy atom. The molecule has 4 aromatic carbocycles. The summed E-state index contributed by atoms with van der Waals surface area (Å²) in [6.07, 6.45) is 1.88. The molecule has 0 aliphatic rings. The van der Waals surface area contributed by atoms with E-state index in [0.29, 0.717) is 12.2 Å². The molecule has 0 bridgehead atoms. The van der Waals surface area contributed by atoms with Crippen LogP contribution < -0.4 is 4.90 Å². The Bertz CT molecular complexity index is 1380. The number of ether oxygens (including phenoxy) is 1. The molecule has 0 fully saturated rings. The summed E-state index contributed by atoms with van der Waals surface area (Å²) < 4.78 is 5.46. The lowest BCUT2D eigenvalue weighted by atomic mass is 9.75. The van der Waals surface area contributed by atoms with E-state index >= 15 is 0 Å². The van der Waals surface area contributed by atoms with Crippen LogP contribution in [0.5, 0.6) is 0 Å². The number of carbonyl (C=O) groups excluding carboxylic acids is 1. The molecule has 0 atom stereocenters. The lowest BCUT2D eigenvalue weighted by Crippen LogP contribution is -2.21. The first-order chi connectivity index (χ1) is 18.3. The first-order valence-electron chi connectivity index (χ1n) is 13.0. The average Bonchev–Trinajstić information content (AvgIpc) is 2.93. The second-order valence-corrected chi connectivity index (χ2v) is 9.80. The molecule has 0 aliphatic carbocycles. The molecule has 4 rings (SSSR count). The van der Waals surface area contributed by atoms with E-state index in [2.05, 4.69) is 68.6 Å². The summed E-state index contributed by atoms with van der Waals surface area (Å²) in [6, 6.07) is 36.8. The lowest BCUT2D eigenvalue weighted by molar-refractivity contribution is -0.136. The molecule has 192 valence electrons. The number of hydrogen-bond acceptors (Lipinski definition) is 3. The topological polar surface area (TPSA) is 29.5 Å². The van der Waals surface area contributed by atoms with Crippen LogP contribution in [0.3, 0.4) is 0 Å². The Balaban J connectivity index is 1.73. The molecule has 0 saturated heterocycles. The average molecular weight is 502 g/mol. The van der Waals surface area contributed by atoms with Crippen molar-refractivity contribution in [1.82, 2.24) is 0 Å². The van der Waals surface area contributed by atoms with E-state index in [1.807, 2.05) is 85.8 Å². The maximum atomic E-state index is 13.1. The van der Waals surface area contributed by atoms with E-state index in [-0.39, 0.29) is 11.4 Å². The maximum absolute atomic E-state index is 13.1. The monoisotopic (exact) mass is 501 g/mol. The molecule has 38 heavy (non-hydrogen) atoms. The van der Waals surface area contributed by atoms with Gasteiger partial charge in [-0.2, -0.15) is 0 Å². The Kier molecular flexibility index (Phi) is 8.28. The number of esters is 1. The molecule has 3 nitrogen and oxygen atoms in total. The molecule has 0 amide bonds. The van der Waals surface area contributed by atoms with Crippen LogP contribution in [0.1, 0.15) is 37.5 Å². The van der Waals surface area contributed by atoms with Crippen molar-refractivity contribution in [1.29, 1.82) is 0 Å². The molecule has 0 radical (unpaired) electrons. The molecule has 0 spiro atoms. The van der Waals surface area contributed by atoms with Crippen LogP contribution in [-0.2, 0) is 14.9 Å². The minimum absolute atomic E-state index is 0.303. The molecule has 0 aromatic heterocycles. The zero-order valence-electron chi connectivity index (χ0n) is 22.6. The number of hydrogen-bond donors (Lipinski definition) is 0. The zero-order valence-corrected chi connectivity index (χ0v) is 22.6. The van der Waals surface area contributed by atoms with Crippen molar-refractivity contribution < 1.29 is 9.53 Å². The normalized spacial score (nSPS) is 11.6. The van der Waals surface area contributed by atoms with E-state index in [4.69, 9.17) is 4.74 Å². The highest BCUT2D eigenvalue weighted by Crippen LogP contribution is 2.37. The first kappa shape index (κ1) is 26.7. The zero-order chi connectivity index (χ0) is 27.1. The standard InChI is InChI=1S/C35H35NO2/c1-6-38-34(37)32(25-27(3)35(4,5)33-20-14-13-15-26(33)2)28-21-23-31(24-22-28)36(29-16-9-7-10-17-29)30-18-11-8-12-19-30/h7-25H,3,6H2,1-2,4-5H3/b32-25-. The van der Waals surface area contributed by atoms with E-state index in [0.717, 1.165) is 28.2 Å². The van der Waals surface area contributed by atoms with Gasteiger partial charge in [0.2, 0.25) is 0 Å². The molecule has 0 heterocycles. The van der Waals surface area contributed by atoms with E-state index in [1.165, 1.54) is 11.1 Å². The van der Waals surface area contributed by atoms with Crippen molar-refractivity contribution in [2.45, 2.75) is 33.1 Å². The van der Waals surface area contributed by atoms with Gasteiger partial charge in [0.25, 0.3) is 0 Å². The highest BCUT2D eigenvalue weighted by Gasteiger charge is 2.26. The van der Waals surface area contributed by atoms with Gasteiger partial charge in [-0.25, -0.2) is 4.79 Å². The highest BCUT2D eigenvalue weighted by atomic mass is 16.5. The minimum atomic E-state index is -0.361. The predicted octanol–water partition coefficient (Wildman–Crippen LogP) is 8.95. The number of carbonyl (C=O) groups is 1. The van der Waals surface area contributed by atoms with Crippen LogP contribution in [0, 0.1) is 6.92 Å². The van der Waals surface area contributed by atoms with Gasteiger partial charge in [-0.1, -0.05) is 93.2 Å². The summed E-state index contributed by atoms with van der Waals surface area (Å²) in [5.74, 6) is -0.357. The Labute approximate surface area is 226 Å². The molecule has 3 heteroatoms. The van der Waals surface area contributed by atoms with Crippen molar-refractivity contribution in [3.63, 3.8) is 0 Å². The summed E-state index contributed by atoms with van der Waals surface area (Å²) in [4.78, 5) is 15.3. The third-order valence-corrected chi connectivity index (χ3v) is 6.90. The van der Waals surface area contributed by atoms with Crippen LogP contribution in [-0.4, -0.2) is 12.6 Å². The fourth-order valence-corrected chi connectivity index (χ4v) is 4.66. The number of aryl methyl sites for hydroxylation is 1. The van der Waals surface area contributed by atoms with E-state index < -0.39 is 0 Å². The molecule has 4 aromatic rings. The molecule has 0 unspecified atom stereocenters. The van der Waals surface area contributed by atoms with Crippen LogP contribution >= 0.6 is 0 Å². The Hall–Kier alpha value is -4.37. The highest BCUT2D eigenvalue weighted by molar-refractivity contribution is 6.17. The van der Waals surface area contributed by atoms with Gasteiger partial charge in [0, 0.05) is 22.5 Å². The number of nitrogens with zero attached hydrogens (tertiary/aromatic N) is 1. The van der Waals surface area contributed by atoms with Crippen molar-refractivity contribution in [2.24, 2.45) is 0 Å². The molecule has 0 saturated carbocycles. The predicted molar refractivity (Wildman–Crippen MR) is 159 cm³/mol. The van der Waals surface area contributed by atoms with E-state index in [9.17, 15) is 4.79 Å². The first-order valence-corrected chi connectivity index (χ1v) is 13.0. The molecule has 0 N–H and O–H groups in total. The van der Waals surface area contributed by atoms with E-state index in [1.54, 1.807) is 0 Å². The second-order valence-electron chi connectivity index (χ2n) is 9.80. The van der Waals surface area contributed by atoms with Gasteiger partial charge in [-0.05, 0) is 78.6 Å². The van der Waals surface area contributed by atoms with Crippen LogP contribution in [0.4, 0.5) is 17.1 Å². The summed E-state index contributed by atoms with van der Waals surface area (Å²) in [5.41, 5.74) is 7.24. The number of rotatable bonds is 9. The fraction of sp³-hybridized carbons (Fsp3) is 0.171. The van der Waals surface area contributed by atoms with Gasteiger partial charge in [-0.15, -0.1) is 0 Å². The summed E-state index contributed by atoms with van der Waals surface area (Å²) in [5, 5.41) is 0. The van der Waals surface area contributed by atoms with Crippen molar-refractivity contribution in [3.8, 4) is 0 Å². The van der Waals surface area contributed by atoms with Crippen LogP contribution in [0.25, 0.3) is 5.57 Å². The van der Waals surface area contributed by atoms with Gasteiger partial charge in [0.05, 0.1) is 12.2 Å². The largest absolute Gasteiger partial charge is 0.462 e. The van der Waals surface area contributed by atoms with Gasteiger partial charge < -0.3 is 9.64 Å². The van der Waals surface area contributed by atoms with Gasteiger partial charge in [-0.3, -0.25) is 0 Å².